The van der Waals surface area contributed by atoms with E-state index in [1.54, 1.807) is 0 Å². The minimum absolute atomic E-state index is 0.0599. The van der Waals surface area contributed by atoms with Crippen LogP contribution in [0.15, 0.2) is 18.3 Å². The van der Waals surface area contributed by atoms with Gasteiger partial charge in [-0.3, -0.25) is 4.79 Å². The average Bonchev–Trinajstić information content (AvgIpc) is 2.85. The molecule has 1 aliphatic heterocycles. The van der Waals surface area contributed by atoms with E-state index in [9.17, 15) is 14.7 Å². The largest absolute Gasteiger partial charge is 0.505 e. The Morgan fingerprint density at radius 3 is 2.89 bits per heavy atom. The second kappa shape index (κ2) is 5.66. The molecule has 1 aromatic rings. The first-order valence-electron chi connectivity index (χ1n) is 5.88. The molecule has 3 N–H and O–H groups in total. The van der Waals surface area contributed by atoms with Gasteiger partial charge in [0.1, 0.15) is 5.75 Å². The summed E-state index contributed by atoms with van der Waals surface area (Å²) in [6.45, 7) is 0.193. The molecule has 1 saturated heterocycles. The van der Waals surface area contributed by atoms with E-state index in [0.29, 0.717) is 12.8 Å². The molecule has 102 valence electrons. The van der Waals surface area contributed by atoms with Crippen molar-refractivity contribution in [3.8, 4) is 5.75 Å². The van der Waals surface area contributed by atoms with Crippen molar-refractivity contribution in [3.63, 3.8) is 0 Å². The zero-order valence-corrected chi connectivity index (χ0v) is 10.1. The topological polar surface area (TPSA) is 109 Å². The molecule has 1 amide bonds. The predicted molar refractivity (Wildman–Crippen MR) is 63.8 cm³/mol. The number of carboxylic acids is 1. The van der Waals surface area contributed by atoms with Crippen LogP contribution in [-0.4, -0.2) is 45.8 Å². The number of hydrogen-bond donors (Lipinski definition) is 3. The van der Waals surface area contributed by atoms with Gasteiger partial charge in [-0.05, 0) is 25.0 Å². The summed E-state index contributed by atoms with van der Waals surface area (Å²) in [7, 11) is 0. The molecule has 1 aromatic heterocycles. The lowest BCUT2D eigenvalue weighted by Crippen LogP contribution is -2.33. The number of carbonyl (C=O) groups excluding carboxylic acids is 1. The summed E-state index contributed by atoms with van der Waals surface area (Å²) in [5.41, 5.74) is -0.0599. The summed E-state index contributed by atoms with van der Waals surface area (Å²) in [5, 5.41) is 20.8. The number of carboxylic acid groups (broad SMARTS) is 1. The molecule has 2 unspecified atom stereocenters. The molecule has 1 aliphatic rings. The van der Waals surface area contributed by atoms with Gasteiger partial charge in [-0.15, -0.1) is 0 Å². The van der Waals surface area contributed by atoms with E-state index in [1.165, 1.54) is 18.3 Å². The third kappa shape index (κ3) is 3.19. The van der Waals surface area contributed by atoms with Gasteiger partial charge in [-0.1, -0.05) is 0 Å². The molecule has 0 spiro atoms. The molecular weight excluding hydrogens is 252 g/mol. The number of carbonyl (C=O) groups is 2. The highest BCUT2D eigenvalue weighted by atomic mass is 16.5. The number of rotatable bonds is 4. The molecule has 0 aromatic carbocycles. The Labute approximate surface area is 109 Å². The molecule has 0 saturated carbocycles. The van der Waals surface area contributed by atoms with E-state index in [2.05, 4.69) is 10.3 Å². The van der Waals surface area contributed by atoms with E-state index in [1.807, 2.05) is 0 Å². The average molecular weight is 266 g/mol. The smallest absolute Gasteiger partial charge is 0.332 e. The van der Waals surface area contributed by atoms with Crippen molar-refractivity contribution < 1.29 is 24.5 Å². The van der Waals surface area contributed by atoms with Gasteiger partial charge >= 0.3 is 5.97 Å². The number of amides is 1. The lowest BCUT2D eigenvalue weighted by atomic mass is 10.2. The zero-order valence-electron chi connectivity index (χ0n) is 10.1. The SMILES string of the molecule is O=C(NCC1CCC(C(=O)O)O1)c1ncccc1O. The predicted octanol–water partition coefficient (Wildman–Crippen LogP) is 0.149. The molecule has 7 heteroatoms. The Morgan fingerprint density at radius 2 is 2.26 bits per heavy atom. The van der Waals surface area contributed by atoms with Crippen LogP contribution in [0, 0.1) is 0 Å². The van der Waals surface area contributed by atoms with Crippen molar-refractivity contribution >= 4 is 11.9 Å². The van der Waals surface area contributed by atoms with Crippen LogP contribution in [-0.2, 0) is 9.53 Å². The first kappa shape index (κ1) is 13.3. The third-order valence-corrected chi connectivity index (χ3v) is 2.87. The van der Waals surface area contributed by atoms with E-state index in [4.69, 9.17) is 9.84 Å². The first-order chi connectivity index (χ1) is 9.08. The van der Waals surface area contributed by atoms with Crippen LogP contribution in [0.5, 0.6) is 5.75 Å². The Morgan fingerprint density at radius 1 is 1.47 bits per heavy atom. The van der Waals surface area contributed by atoms with Crippen LogP contribution in [0.3, 0.4) is 0 Å². The first-order valence-corrected chi connectivity index (χ1v) is 5.88. The number of nitrogens with zero attached hydrogens (tertiary/aromatic N) is 1. The number of hydrogen-bond acceptors (Lipinski definition) is 5. The van der Waals surface area contributed by atoms with Gasteiger partial charge in [0.25, 0.3) is 5.91 Å². The van der Waals surface area contributed by atoms with Crippen molar-refractivity contribution in [2.45, 2.75) is 25.0 Å². The van der Waals surface area contributed by atoms with Gasteiger partial charge in [0.15, 0.2) is 11.8 Å². The standard InChI is InChI=1S/C12H14N2O5/c15-8-2-1-5-13-10(8)11(16)14-6-7-3-4-9(19-7)12(17)18/h1-2,5,7,9,15H,3-4,6H2,(H,14,16)(H,17,18). The zero-order chi connectivity index (χ0) is 13.8. The molecule has 1 fully saturated rings. The fourth-order valence-corrected chi connectivity index (χ4v) is 1.90. The van der Waals surface area contributed by atoms with Crippen LogP contribution in [0.25, 0.3) is 0 Å². The van der Waals surface area contributed by atoms with Crippen molar-refractivity contribution in [1.82, 2.24) is 10.3 Å². The van der Waals surface area contributed by atoms with E-state index in [0.717, 1.165) is 0 Å². The van der Waals surface area contributed by atoms with Gasteiger partial charge in [0, 0.05) is 12.7 Å². The second-order valence-corrected chi connectivity index (χ2v) is 4.24. The van der Waals surface area contributed by atoms with Crippen LogP contribution < -0.4 is 5.32 Å². The Hall–Kier alpha value is -2.15. The van der Waals surface area contributed by atoms with Crippen LogP contribution >= 0.6 is 0 Å². The molecule has 19 heavy (non-hydrogen) atoms. The summed E-state index contributed by atoms with van der Waals surface area (Å²) in [6.07, 6.45) is 1.29. The summed E-state index contributed by atoms with van der Waals surface area (Å²) >= 11 is 0. The normalized spacial score (nSPS) is 22.1. The lowest BCUT2D eigenvalue weighted by molar-refractivity contribution is -0.149. The molecule has 7 nitrogen and oxygen atoms in total. The van der Waals surface area contributed by atoms with Crippen LogP contribution in [0.1, 0.15) is 23.3 Å². The molecule has 0 aliphatic carbocycles. The number of pyridine rings is 1. The Balaban J connectivity index is 1.85. The summed E-state index contributed by atoms with van der Waals surface area (Å²) in [4.78, 5) is 26.2. The molecular formula is C12H14N2O5. The highest BCUT2D eigenvalue weighted by Gasteiger charge is 2.30. The number of aliphatic carboxylic acids is 1. The van der Waals surface area contributed by atoms with Gasteiger partial charge in [-0.25, -0.2) is 9.78 Å². The van der Waals surface area contributed by atoms with Crippen molar-refractivity contribution in [1.29, 1.82) is 0 Å². The Bertz CT molecular complexity index is 491. The fourth-order valence-electron chi connectivity index (χ4n) is 1.90. The monoisotopic (exact) mass is 266 g/mol. The maximum absolute atomic E-state index is 11.7. The molecule has 0 radical (unpaired) electrons. The number of aromatic hydroxyl groups is 1. The quantitative estimate of drug-likeness (QED) is 0.715. The van der Waals surface area contributed by atoms with Gasteiger partial charge in [0.05, 0.1) is 6.10 Å². The molecule has 0 bridgehead atoms. The summed E-state index contributed by atoms with van der Waals surface area (Å²) in [6, 6.07) is 2.89. The molecule has 2 heterocycles. The van der Waals surface area contributed by atoms with Crippen LogP contribution in [0.2, 0.25) is 0 Å². The minimum Gasteiger partial charge on any atom is -0.505 e. The van der Waals surface area contributed by atoms with Gasteiger partial charge < -0.3 is 20.3 Å². The minimum atomic E-state index is -0.990. The Kier molecular flexibility index (Phi) is 3.96. The molecule has 2 atom stereocenters. The van der Waals surface area contributed by atoms with E-state index < -0.39 is 18.0 Å². The van der Waals surface area contributed by atoms with Gasteiger partial charge in [-0.2, -0.15) is 0 Å². The highest BCUT2D eigenvalue weighted by Crippen LogP contribution is 2.19. The third-order valence-electron chi connectivity index (χ3n) is 2.87. The van der Waals surface area contributed by atoms with Crippen molar-refractivity contribution in [3.05, 3.63) is 24.0 Å². The maximum atomic E-state index is 11.7. The number of nitrogens with one attached hydrogen (secondary N) is 1. The second-order valence-electron chi connectivity index (χ2n) is 4.24. The van der Waals surface area contributed by atoms with E-state index in [-0.39, 0.29) is 24.1 Å². The van der Waals surface area contributed by atoms with E-state index >= 15 is 0 Å². The lowest BCUT2D eigenvalue weighted by Gasteiger charge is -2.12. The van der Waals surface area contributed by atoms with Gasteiger partial charge in [0.2, 0.25) is 0 Å². The number of ether oxygens (including phenoxy) is 1. The summed E-state index contributed by atoms with van der Waals surface area (Å²) in [5.74, 6) is -1.70. The fraction of sp³-hybridized carbons (Fsp3) is 0.417. The number of aromatic nitrogens is 1. The van der Waals surface area contributed by atoms with Crippen molar-refractivity contribution in [2.24, 2.45) is 0 Å². The molecule has 2 rings (SSSR count). The summed E-state index contributed by atoms with van der Waals surface area (Å²) < 4.78 is 5.24. The maximum Gasteiger partial charge on any atom is 0.332 e. The van der Waals surface area contributed by atoms with Crippen molar-refractivity contribution in [2.75, 3.05) is 6.54 Å². The van der Waals surface area contributed by atoms with Crippen LogP contribution in [0.4, 0.5) is 0 Å². The highest BCUT2D eigenvalue weighted by molar-refractivity contribution is 5.94.